The predicted molar refractivity (Wildman–Crippen MR) is 103 cm³/mol. The highest BCUT2D eigenvalue weighted by Gasteiger charge is 2.33. The average Bonchev–Trinajstić information content (AvgIpc) is 2.68. The van der Waals surface area contributed by atoms with E-state index in [1.54, 1.807) is 7.11 Å². The summed E-state index contributed by atoms with van der Waals surface area (Å²) in [6.45, 7) is 3.27. The standard InChI is InChI=1S/C23H23NO/c1-17-23(18-8-4-3-5-9-18)22-11-7-6-10-19(22)16-24(17)20-12-14-21(25-2)15-13-20/h3-15,17,23H,16H2,1-2H3/t17-,23-/m0/s1. The van der Waals surface area contributed by atoms with Gasteiger partial charge in [-0.2, -0.15) is 0 Å². The Morgan fingerprint density at radius 2 is 1.52 bits per heavy atom. The van der Waals surface area contributed by atoms with Crippen molar-refractivity contribution in [3.8, 4) is 5.75 Å². The van der Waals surface area contributed by atoms with Crippen LogP contribution in [0.3, 0.4) is 0 Å². The third-order valence-electron chi connectivity index (χ3n) is 5.27. The van der Waals surface area contributed by atoms with Gasteiger partial charge in [0.25, 0.3) is 0 Å². The van der Waals surface area contributed by atoms with E-state index in [4.69, 9.17) is 4.74 Å². The first-order valence-electron chi connectivity index (χ1n) is 8.81. The average molecular weight is 329 g/mol. The molecule has 0 aromatic heterocycles. The van der Waals surface area contributed by atoms with Crippen LogP contribution in [0, 0.1) is 0 Å². The first-order valence-corrected chi connectivity index (χ1v) is 8.81. The van der Waals surface area contributed by atoms with Crippen molar-refractivity contribution in [1.29, 1.82) is 0 Å². The lowest BCUT2D eigenvalue weighted by atomic mass is 9.79. The topological polar surface area (TPSA) is 12.5 Å². The number of fused-ring (bicyclic) bond motifs is 1. The zero-order chi connectivity index (χ0) is 17.2. The summed E-state index contributed by atoms with van der Waals surface area (Å²) in [6, 6.07) is 28.5. The Morgan fingerprint density at radius 1 is 0.840 bits per heavy atom. The van der Waals surface area contributed by atoms with E-state index in [1.165, 1.54) is 22.4 Å². The van der Waals surface area contributed by atoms with Crippen molar-refractivity contribution in [3.05, 3.63) is 95.6 Å². The maximum atomic E-state index is 5.31. The van der Waals surface area contributed by atoms with E-state index in [2.05, 4.69) is 78.6 Å². The van der Waals surface area contributed by atoms with Gasteiger partial charge in [-0.1, -0.05) is 54.6 Å². The molecule has 126 valence electrons. The van der Waals surface area contributed by atoms with Crippen LogP contribution in [-0.4, -0.2) is 13.2 Å². The number of anilines is 1. The molecule has 0 N–H and O–H groups in total. The molecule has 3 aromatic carbocycles. The van der Waals surface area contributed by atoms with Crippen LogP contribution in [0.25, 0.3) is 0 Å². The van der Waals surface area contributed by atoms with Gasteiger partial charge in [-0.05, 0) is 47.9 Å². The molecule has 3 aromatic rings. The van der Waals surface area contributed by atoms with Crippen LogP contribution < -0.4 is 9.64 Å². The van der Waals surface area contributed by atoms with Gasteiger partial charge in [-0.25, -0.2) is 0 Å². The number of hydrogen-bond acceptors (Lipinski definition) is 2. The summed E-state index contributed by atoms with van der Waals surface area (Å²) in [5.74, 6) is 1.27. The monoisotopic (exact) mass is 329 g/mol. The molecule has 0 aliphatic carbocycles. The number of hydrogen-bond donors (Lipinski definition) is 0. The summed E-state index contributed by atoms with van der Waals surface area (Å²) in [6.07, 6.45) is 0. The number of nitrogens with zero attached hydrogens (tertiary/aromatic N) is 1. The van der Waals surface area contributed by atoms with E-state index >= 15 is 0 Å². The third kappa shape index (κ3) is 2.89. The van der Waals surface area contributed by atoms with Crippen molar-refractivity contribution in [2.24, 2.45) is 0 Å². The Morgan fingerprint density at radius 3 is 2.24 bits per heavy atom. The second kappa shape index (κ2) is 6.64. The van der Waals surface area contributed by atoms with Crippen molar-refractivity contribution >= 4 is 5.69 Å². The van der Waals surface area contributed by atoms with Gasteiger partial charge < -0.3 is 9.64 Å². The molecule has 2 heteroatoms. The van der Waals surface area contributed by atoms with Gasteiger partial charge in [0.1, 0.15) is 5.75 Å². The molecule has 0 saturated heterocycles. The Kier molecular flexibility index (Phi) is 4.19. The fourth-order valence-electron chi connectivity index (χ4n) is 3.97. The van der Waals surface area contributed by atoms with Crippen LogP contribution in [0.5, 0.6) is 5.75 Å². The molecule has 0 amide bonds. The summed E-state index contributed by atoms with van der Waals surface area (Å²) in [5, 5.41) is 0. The molecule has 0 bridgehead atoms. The largest absolute Gasteiger partial charge is 0.497 e. The SMILES string of the molecule is COc1ccc(N2Cc3ccccc3[C@H](c3ccccc3)[C@@H]2C)cc1. The van der Waals surface area contributed by atoms with Gasteiger partial charge in [0.05, 0.1) is 7.11 Å². The van der Waals surface area contributed by atoms with E-state index in [0.29, 0.717) is 12.0 Å². The second-order valence-electron chi connectivity index (χ2n) is 6.65. The van der Waals surface area contributed by atoms with Crippen molar-refractivity contribution in [3.63, 3.8) is 0 Å². The zero-order valence-corrected chi connectivity index (χ0v) is 14.7. The summed E-state index contributed by atoms with van der Waals surface area (Å²) < 4.78 is 5.31. The molecule has 0 unspecified atom stereocenters. The van der Waals surface area contributed by atoms with Crippen molar-refractivity contribution in [1.82, 2.24) is 0 Å². The van der Waals surface area contributed by atoms with Crippen LogP contribution in [0.4, 0.5) is 5.69 Å². The minimum atomic E-state index is 0.369. The Bertz CT molecular complexity index is 841. The number of benzene rings is 3. The summed E-state index contributed by atoms with van der Waals surface area (Å²) in [5.41, 5.74) is 5.47. The smallest absolute Gasteiger partial charge is 0.119 e. The fourth-order valence-corrected chi connectivity index (χ4v) is 3.97. The molecule has 0 saturated carbocycles. The quantitative estimate of drug-likeness (QED) is 0.652. The van der Waals surface area contributed by atoms with Crippen molar-refractivity contribution in [2.45, 2.75) is 25.4 Å². The van der Waals surface area contributed by atoms with E-state index < -0.39 is 0 Å². The van der Waals surface area contributed by atoms with Crippen LogP contribution >= 0.6 is 0 Å². The van der Waals surface area contributed by atoms with E-state index in [9.17, 15) is 0 Å². The van der Waals surface area contributed by atoms with Crippen molar-refractivity contribution < 1.29 is 4.74 Å². The lowest BCUT2D eigenvalue weighted by Gasteiger charge is -2.42. The second-order valence-corrected chi connectivity index (χ2v) is 6.65. The van der Waals surface area contributed by atoms with Gasteiger partial charge in [0.2, 0.25) is 0 Å². The summed E-state index contributed by atoms with van der Waals surface area (Å²) in [7, 11) is 1.71. The van der Waals surface area contributed by atoms with E-state index in [1.807, 2.05) is 12.1 Å². The Balaban J connectivity index is 1.78. The van der Waals surface area contributed by atoms with Gasteiger partial charge in [-0.15, -0.1) is 0 Å². The van der Waals surface area contributed by atoms with Crippen LogP contribution in [0.2, 0.25) is 0 Å². The normalized spacial score (nSPS) is 19.4. The molecule has 4 rings (SSSR count). The molecule has 2 atom stereocenters. The Labute approximate surface area is 149 Å². The molecular formula is C23H23NO. The van der Waals surface area contributed by atoms with Gasteiger partial charge >= 0.3 is 0 Å². The van der Waals surface area contributed by atoms with Crippen LogP contribution in [0.1, 0.15) is 29.5 Å². The van der Waals surface area contributed by atoms with Gasteiger partial charge in [0, 0.05) is 24.2 Å². The highest BCUT2D eigenvalue weighted by Crippen LogP contribution is 2.40. The third-order valence-corrected chi connectivity index (χ3v) is 5.27. The number of methoxy groups -OCH3 is 1. The highest BCUT2D eigenvalue weighted by molar-refractivity contribution is 5.55. The van der Waals surface area contributed by atoms with Crippen molar-refractivity contribution in [2.75, 3.05) is 12.0 Å². The molecule has 2 nitrogen and oxygen atoms in total. The maximum absolute atomic E-state index is 5.31. The fraction of sp³-hybridized carbons (Fsp3) is 0.217. The highest BCUT2D eigenvalue weighted by atomic mass is 16.5. The first kappa shape index (κ1) is 15.8. The lowest BCUT2D eigenvalue weighted by Crippen LogP contribution is -2.42. The predicted octanol–water partition coefficient (Wildman–Crippen LogP) is 5.24. The molecule has 0 fully saturated rings. The van der Waals surface area contributed by atoms with E-state index in [0.717, 1.165) is 12.3 Å². The first-order chi connectivity index (χ1) is 12.3. The molecule has 1 aliphatic heterocycles. The molecule has 1 aliphatic rings. The maximum Gasteiger partial charge on any atom is 0.119 e. The minimum Gasteiger partial charge on any atom is -0.497 e. The summed E-state index contributed by atoms with van der Waals surface area (Å²) >= 11 is 0. The lowest BCUT2D eigenvalue weighted by molar-refractivity contribution is 0.414. The molecule has 1 heterocycles. The van der Waals surface area contributed by atoms with Crippen LogP contribution in [0.15, 0.2) is 78.9 Å². The number of rotatable bonds is 3. The number of ether oxygens (including phenoxy) is 1. The summed E-state index contributed by atoms with van der Waals surface area (Å²) in [4.78, 5) is 2.50. The minimum absolute atomic E-state index is 0.369. The van der Waals surface area contributed by atoms with E-state index in [-0.39, 0.29) is 0 Å². The zero-order valence-electron chi connectivity index (χ0n) is 14.7. The molecule has 0 radical (unpaired) electrons. The Hall–Kier alpha value is -2.74. The van der Waals surface area contributed by atoms with Gasteiger partial charge in [-0.3, -0.25) is 0 Å². The molecule has 0 spiro atoms. The van der Waals surface area contributed by atoms with Gasteiger partial charge in [0.15, 0.2) is 0 Å². The molecule has 25 heavy (non-hydrogen) atoms. The van der Waals surface area contributed by atoms with Crippen LogP contribution in [-0.2, 0) is 6.54 Å². The molecular weight excluding hydrogens is 306 g/mol.